The minimum atomic E-state index is -0.105. The molecule has 0 aliphatic heterocycles. The maximum atomic E-state index is 11.9. The number of amides is 1. The molecule has 0 radical (unpaired) electrons. The lowest BCUT2D eigenvalue weighted by Crippen LogP contribution is -2.21. The van der Waals surface area contributed by atoms with Crippen molar-refractivity contribution in [3.8, 4) is 5.75 Å². The molecular formula is C15H20N4O2. The lowest BCUT2D eigenvalue weighted by molar-refractivity contribution is -0.114. The molecule has 2 N–H and O–H groups in total. The van der Waals surface area contributed by atoms with Gasteiger partial charge in [-0.1, -0.05) is 6.92 Å². The van der Waals surface area contributed by atoms with Crippen LogP contribution in [-0.4, -0.2) is 29.3 Å². The summed E-state index contributed by atoms with van der Waals surface area (Å²) in [5, 5.41) is 10.2. The summed E-state index contributed by atoms with van der Waals surface area (Å²) in [6.45, 7) is 2.23. The van der Waals surface area contributed by atoms with E-state index in [4.69, 9.17) is 4.74 Å². The van der Waals surface area contributed by atoms with Crippen molar-refractivity contribution >= 4 is 17.3 Å². The summed E-state index contributed by atoms with van der Waals surface area (Å²) >= 11 is 0. The van der Waals surface area contributed by atoms with E-state index in [1.165, 1.54) is 0 Å². The third kappa shape index (κ3) is 3.98. The molecule has 0 spiro atoms. The van der Waals surface area contributed by atoms with Crippen LogP contribution in [0.2, 0.25) is 0 Å². The summed E-state index contributed by atoms with van der Waals surface area (Å²) in [6.07, 6.45) is 2.70. The molecule has 21 heavy (non-hydrogen) atoms. The van der Waals surface area contributed by atoms with Crippen molar-refractivity contribution in [1.82, 2.24) is 9.78 Å². The van der Waals surface area contributed by atoms with E-state index in [2.05, 4.69) is 15.7 Å². The van der Waals surface area contributed by atoms with Gasteiger partial charge in [-0.2, -0.15) is 5.10 Å². The first-order valence-corrected chi connectivity index (χ1v) is 6.82. The number of carbonyl (C=O) groups is 1. The molecule has 2 rings (SSSR count). The predicted octanol–water partition coefficient (Wildman–Crippen LogP) is 2.04. The number of ether oxygens (including phenoxy) is 1. The van der Waals surface area contributed by atoms with Crippen LogP contribution in [-0.2, 0) is 18.3 Å². The molecule has 0 fully saturated rings. The number of aryl methyl sites for hydroxylation is 2. The first-order valence-electron chi connectivity index (χ1n) is 6.82. The first kappa shape index (κ1) is 14.9. The number of carbonyl (C=O) groups excluding carboxylic acids is 1. The molecule has 0 saturated carbocycles. The van der Waals surface area contributed by atoms with E-state index >= 15 is 0 Å². The minimum absolute atomic E-state index is 0.105. The molecule has 0 unspecified atom stereocenters. The van der Waals surface area contributed by atoms with E-state index in [1.807, 2.05) is 20.2 Å². The second-order valence-electron chi connectivity index (χ2n) is 4.65. The molecular weight excluding hydrogens is 268 g/mol. The second-order valence-corrected chi connectivity index (χ2v) is 4.65. The van der Waals surface area contributed by atoms with Crippen molar-refractivity contribution in [1.29, 1.82) is 0 Å². The third-order valence-electron chi connectivity index (χ3n) is 3.05. The number of nitrogens with zero attached hydrogens (tertiary/aromatic N) is 2. The average molecular weight is 288 g/mol. The van der Waals surface area contributed by atoms with E-state index in [9.17, 15) is 4.79 Å². The highest BCUT2D eigenvalue weighted by atomic mass is 16.5. The quantitative estimate of drug-likeness (QED) is 0.853. The van der Waals surface area contributed by atoms with E-state index in [0.29, 0.717) is 0 Å². The summed E-state index contributed by atoms with van der Waals surface area (Å²) in [5.74, 6) is 0.653. The van der Waals surface area contributed by atoms with Crippen molar-refractivity contribution < 1.29 is 9.53 Å². The smallest absolute Gasteiger partial charge is 0.243 e. The molecule has 0 saturated heterocycles. The Balaban J connectivity index is 1.89. The van der Waals surface area contributed by atoms with Gasteiger partial charge in [0.05, 0.1) is 25.0 Å². The van der Waals surface area contributed by atoms with Gasteiger partial charge >= 0.3 is 0 Å². The predicted molar refractivity (Wildman–Crippen MR) is 82.7 cm³/mol. The zero-order chi connectivity index (χ0) is 15.2. The van der Waals surface area contributed by atoms with Crippen LogP contribution in [0, 0.1) is 0 Å². The van der Waals surface area contributed by atoms with Crippen LogP contribution in [0.5, 0.6) is 5.75 Å². The number of hydrogen-bond acceptors (Lipinski definition) is 4. The van der Waals surface area contributed by atoms with Crippen LogP contribution >= 0.6 is 0 Å². The Hall–Kier alpha value is -2.50. The van der Waals surface area contributed by atoms with Gasteiger partial charge in [0, 0.05) is 18.9 Å². The zero-order valence-electron chi connectivity index (χ0n) is 12.5. The van der Waals surface area contributed by atoms with Gasteiger partial charge in [0.1, 0.15) is 5.75 Å². The number of methoxy groups -OCH3 is 1. The number of aromatic nitrogens is 2. The fourth-order valence-electron chi connectivity index (χ4n) is 2.00. The Kier molecular flexibility index (Phi) is 4.81. The van der Waals surface area contributed by atoms with Crippen LogP contribution in [0.1, 0.15) is 12.6 Å². The van der Waals surface area contributed by atoms with Gasteiger partial charge in [0.25, 0.3) is 0 Å². The molecule has 1 amide bonds. The lowest BCUT2D eigenvalue weighted by atomic mass is 10.3. The van der Waals surface area contributed by atoms with Crippen molar-refractivity contribution in [2.45, 2.75) is 13.3 Å². The normalized spacial score (nSPS) is 10.2. The lowest BCUT2D eigenvalue weighted by Gasteiger charge is -2.08. The SMILES string of the molecule is CCc1nn(C)cc1NCC(=O)Nc1ccc(OC)cc1. The number of benzene rings is 1. The Morgan fingerprint density at radius 1 is 1.33 bits per heavy atom. The molecule has 1 heterocycles. The fraction of sp³-hybridized carbons (Fsp3) is 0.333. The monoisotopic (exact) mass is 288 g/mol. The van der Waals surface area contributed by atoms with Crippen LogP contribution < -0.4 is 15.4 Å². The highest BCUT2D eigenvalue weighted by molar-refractivity contribution is 5.93. The van der Waals surface area contributed by atoms with Crippen molar-refractivity contribution in [2.75, 3.05) is 24.3 Å². The summed E-state index contributed by atoms with van der Waals surface area (Å²) in [5.41, 5.74) is 2.59. The number of hydrogen-bond donors (Lipinski definition) is 2. The largest absolute Gasteiger partial charge is 0.497 e. The van der Waals surface area contributed by atoms with Gasteiger partial charge < -0.3 is 15.4 Å². The maximum Gasteiger partial charge on any atom is 0.243 e. The number of rotatable bonds is 6. The topological polar surface area (TPSA) is 68.2 Å². The minimum Gasteiger partial charge on any atom is -0.497 e. The van der Waals surface area contributed by atoms with Crippen LogP contribution in [0.3, 0.4) is 0 Å². The van der Waals surface area contributed by atoms with Gasteiger partial charge in [-0.05, 0) is 30.7 Å². The molecule has 6 nitrogen and oxygen atoms in total. The van der Waals surface area contributed by atoms with E-state index in [1.54, 1.807) is 36.1 Å². The van der Waals surface area contributed by atoms with E-state index in [-0.39, 0.29) is 12.5 Å². The zero-order valence-corrected chi connectivity index (χ0v) is 12.5. The molecule has 112 valence electrons. The summed E-state index contributed by atoms with van der Waals surface area (Å²) in [4.78, 5) is 11.9. The van der Waals surface area contributed by atoms with E-state index in [0.717, 1.165) is 29.2 Å². The van der Waals surface area contributed by atoms with Crippen LogP contribution in [0.15, 0.2) is 30.5 Å². The third-order valence-corrected chi connectivity index (χ3v) is 3.05. The van der Waals surface area contributed by atoms with E-state index < -0.39 is 0 Å². The van der Waals surface area contributed by atoms with Crippen molar-refractivity contribution in [3.05, 3.63) is 36.2 Å². The summed E-state index contributed by atoms with van der Waals surface area (Å²) in [7, 11) is 3.47. The van der Waals surface area contributed by atoms with Gasteiger partial charge in [-0.3, -0.25) is 9.48 Å². The first-order chi connectivity index (χ1) is 10.1. The molecule has 6 heteroatoms. The molecule has 0 aliphatic carbocycles. The standard InChI is InChI=1S/C15H20N4O2/c1-4-13-14(10-19(2)18-13)16-9-15(20)17-11-5-7-12(21-3)8-6-11/h5-8,10,16H,4,9H2,1-3H3,(H,17,20). The molecule has 1 aromatic heterocycles. The highest BCUT2D eigenvalue weighted by Gasteiger charge is 2.08. The molecule has 1 aromatic carbocycles. The van der Waals surface area contributed by atoms with Crippen LogP contribution in [0.25, 0.3) is 0 Å². The van der Waals surface area contributed by atoms with Crippen molar-refractivity contribution in [2.24, 2.45) is 7.05 Å². The Bertz CT molecular complexity index is 605. The van der Waals surface area contributed by atoms with Gasteiger partial charge in [-0.15, -0.1) is 0 Å². The number of nitrogens with one attached hydrogen (secondary N) is 2. The molecule has 0 atom stereocenters. The maximum absolute atomic E-state index is 11.9. The summed E-state index contributed by atoms with van der Waals surface area (Å²) < 4.78 is 6.81. The molecule has 0 aliphatic rings. The van der Waals surface area contributed by atoms with Gasteiger partial charge in [0.15, 0.2) is 0 Å². The van der Waals surface area contributed by atoms with Gasteiger partial charge in [-0.25, -0.2) is 0 Å². The fourth-order valence-corrected chi connectivity index (χ4v) is 2.00. The summed E-state index contributed by atoms with van der Waals surface area (Å²) in [6, 6.07) is 7.22. The van der Waals surface area contributed by atoms with Crippen molar-refractivity contribution in [3.63, 3.8) is 0 Å². The second kappa shape index (κ2) is 6.78. The van der Waals surface area contributed by atoms with Gasteiger partial charge in [0.2, 0.25) is 5.91 Å². The average Bonchev–Trinajstić information content (AvgIpc) is 2.86. The Labute approximate surface area is 124 Å². The Morgan fingerprint density at radius 2 is 2.05 bits per heavy atom. The number of anilines is 2. The van der Waals surface area contributed by atoms with Crippen LogP contribution in [0.4, 0.5) is 11.4 Å². The Morgan fingerprint density at radius 3 is 2.67 bits per heavy atom. The molecule has 0 bridgehead atoms. The highest BCUT2D eigenvalue weighted by Crippen LogP contribution is 2.15. The molecule has 2 aromatic rings.